The Balaban J connectivity index is 1.88. The van der Waals surface area contributed by atoms with Crippen molar-refractivity contribution >= 4 is 11.7 Å². The summed E-state index contributed by atoms with van der Waals surface area (Å²) in [5, 5.41) is 7.08. The number of nitrogens with one attached hydrogen (secondary N) is 1. The molecule has 0 spiro atoms. The third kappa shape index (κ3) is 3.18. The highest BCUT2D eigenvalue weighted by Gasteiger charge is 2.30. The molecule has 0 saturated carbocycles. The van der Waals surface area contributed by atoms with E-state index in [1.54, 1.807) is 6.92 Å². The number of carbonyl (C=O) groups is 2. The fraction of sp³-hybridized carbons (Fsp3) is 0.389. The van der Waals surface area contributed by atoms with E-state index < -0.39 is 23.3 Å². The normalized spacial score (nSPS) is 15.0. The molecule has 1 aliphatic rings. The number of nitrogens with zero attached hydrogens (tertiary/aromatic N) is 2. The maximum atomic E-state index is 13.5. The predicted octanol–water partition coefficient (Wildman–Crippen LogP) is 2.85. The molecule has 1 aromatic carbocycles. The second-order valence-electron chi connectivity index (χ2n) is 6.31. The summed E-state index contributed by atoms with van der Waals surface area (Å²) in [6, 6.07) is 3.57. The molecule has 1 amide bonds. The lowest BCUT2D eigenvalue weighted by Gasteiger charge is -2.27. The molecule has 0 bridgehead atoms. The summed E-state index contributed by atoms with van der Waals surface area (Å²) in [6.07, 6.45) is 1.14. The van der Waals surface area contributed by atoms with Crippen LogP contribution in [0.1, 0.15) is 31.5 Å². The number of amides is 1. The summed E-state index contributed by atoms with van der Waals surface area (Å²) in [6.45, 7) is 4.25. The number of rotatable bonds is 4. The van der Waals surface area contributed by atoms with Crippen molar-refractivity contribution < 1.29 is 18.4 Å². The van der Waals surface area contributed by atoms with Gasteiger partial charge in [0.05, 0.1) is 12.2 Å². The van der Waals surface area contributed by atoms with Gasteiger partial charge in [0.2, 0.25) is 5.78 Å². The fourth-order valence-electron chi connectivity index (χ4n) is 2.90. The number of aromatic nitrogens is 2. The van der Waals surface area contributed by atoms with Crippen LogP contribution in [0.5, 0.6) is 0 Å². The van der Waals surface area contributed by atoms with Crippen LogP contribution in [0.15, 0.2) is 18.2 Å². The summed E-state index contributed by atoms with van der Waals surface area (Å²) < 4.78 is 26.7. The quantitative estimate of drug-likeness (QED) is 0.865. The number of hydrogen-bond donors (Lipinski definition) is 1. The molecule has 0 saturated heterocycles. The van der Waals surface area contributed by atoms with Gasteiger partial charge in [0.25, 0.3) is 5.91 Å². The summed E-state index contributed by atoms with van der Waals surface area (Å²) in [7, 11) is 0. The zero-order valence-corrected chi connectivity index (χ0v) is 14.1. The van der Waals surface area contributed by atoms with Gasteiger partial charge >= 0.3 is 0 Å². The second kappa shape index (κ2) is 6.74. The Bertz CT molecular complexity index is 832. The van der Waals surface area contributed by atoms with Crippen molar-refractivity contribution in [3.63, 3.8) is 0 Å². The molecule has 0 aliphatic carbocycles. The predicted molar refractivity (Wildman–Crippen MR) is 87.5 cm³/mol. The number of ketones is 1. The van der Waals surface area contributed by atoms with Gasteiger partial charge in [-0.15, -0.1) is 0 Å². The number of hydrogen-bond acceptors (Lipinski definition) is 3. The number of aromatic amines is 1. The lowest BCUT2D eigenvalue weighted by molar-refractivity contribution is -0.147. The van der Waals surface area contributed by atoms with Gasteiger partial charge in [-0.1, -0.05) is 13.8 Å². The smallest absolute Gasteiger partial charge is 0.290 e. The first-order chi connectivity index (χ1) is 11.9. The molecule has 5 nitrogen and oxygen atoms in total. The van der Waals surface area contributed by atoms with Crippen LogP contribution in [0.4, 0.5) is 8.78 Å². The average Bonchev–Trinajstić information content (AvgIpc) is 3.05. The Labute approximate surface area is 144 Å². The van der Waals surface area contributed by atoms with E-state index >= 15 is 0 Å². The molecule has 0 fully saturated rings. The summed E-state index contributed by atoms with van der Waals surface area (Å²) in [5.41, 5.74) is 2.49. The topological polar surface area (TPSA) is 66.1 Å². The molecule has 1 N–H and O–H groups in total. The van der Waals surface area contributed by atoms with Gasteiger partial charge in [0, 0.05) is 35.7 Å². The molecule has 7 heteroatoms. The van der Waals surface area contributed by atoms with E-state index in [4.69, 9.17) is 0 Å². The minimum atomic E-state index is -0.954. The first kappa shape index (κ1) is 17.3. The van der Waals surface area contributed by atoms with Crippen LogP contribution in [0, 0.1) is 17.6 Å². The van der Waals surface area contributed by atoms with Crippen molar-refractivity contribution in [3.8, 4) is 11.3 Å². The lowest BCUT2D eigenvalue weighted by atomic mass is 9.98. The van der Waals surface area contributed by atoms with Crippen LogP contribution < -0.4 is 0 Å². The SMILES string of the molecule is CCC(C)C(=O)C(=O)N1CCc2[nH]nc(-c3ccc(F)c(F)c3)c2C1. The summed E-state index contributed by atoms with van der Waals surface area (Å²) in [5.74, 6) is -3.10. The standard InChI is InChI=1S/C18H19F2N3O2/c1-3-10(2)17(24)18(25)23-7-6-15-12(9-23)16(22-21-15)11-4-5-13(19)14(20)8-11/h4-5,8,10H,3,6-7,9H2,1-2H3,(H,21,22). The number of Topliss-reactive ketones (excluding diaryl/α,β-unsaturated/α-hetero) is 1. The van der Waals surface area contributed by atoms with Crippen LogP contribution in [-0.4, -0.2) is 33.3 Å². The molecule has 25 heavy (non-hydrogen) atoms. The average molecular weight is 347 g/mol. The highest BCUT2D eigenvalue weighted by atomic mass is 19.2. The molecule has 1 atom stereocenters. The molecule has 3 rings (SSSR count). The van der Waals surface area contributed by atoms with E-state index in [9.17, 15) is 18.4 Å². The Morgan fingerprint density at radius 2 is 2.08 bits per heavy atom. The number of halogens is 2. The van der Waals surface area contributed by atoms with E-state index in [0.717, 1.165) is 23.4 Å². The second-order valence-corrected chi connectivity index (χ2v) is 6.31. The molecule has 1 aromatic heterocycles. The van der Waals surface area contributed by atoms with Gasteiger partial charge in [0.15, 0.2) is 11.6 Å². The van der Waals surface area contributed by atoms with Crippen molar-refractivity contribution in [1.82, 2.24) is 15.1 Å². The van der Waals surface area contributed by atoms with Crippen LogP contribution in [0.3, 0.4) is 0 Å². The molecular weight excluding hydrogens is 328 g/mol. The molecule has 1 aliphatic heterocycles. The third-order valence-corrected chi connectivity index (χ3v) is 4.68. The molecule has 2 heterocycles. The van der Waals surface area contributed by atoms with E-state index in [2.05, 4.69) is 10.2 Å². The molecule has 132 valence electrons. The van der Waals surface area contributed by atoms with E-state index in [0.29, 0.717) is 30.6 Å². The van der Waals surface area contributed by atoms with Crippen LogP contribution >= 0.6 is 0 Å². The monoisotopic (exact) mass is 347 g/mol. The van der Waals surface area contributed by atoms with Crippen LogP contribution in [0.2, 0.25) is 0 Å². The van der Waals surface area contributed by atoms with Gasteiger partial charge in [-0.25, -0.2) is 8.78 Å². The molecular formula is C18H19F2N3O2. The minimum Gasteiger partial charge on any atom is -0.331 e. The Morgan fingerprint density at radius 3 is 2.76 bits per heavy atom. The van der Waals surface area contributed by atoms with Gasteiger partial charge in [-0.2, -0.15) is 5.10 Å². The van der Waals surface area contributed by atoms with Gasteiger partial charge in [-0.3, -0.25) is 14.7 Å². The van der Waals surface area contributed by atoms with Gasteiger partial charge in [-0.05, 0) is 24.6 Å². The largest absolute Gasteiger partial charge is 0.331 e. The third-order valence-electron chi connectivity index (χ3n) is 4.68. The number of carbonyl (C=O) groups excluding carboxylic acids is 2. The maximum Gasteiger partial charge on any atom is 0.290 e. The Hall–Kier alpha value is -2.57. The first-order valence-electron chi connectivity index (χ1n) is 8.27. The first-order valence-corrected chi connectivity index (χ1v) is 8.27. The van der Waals surface area contributed by atoms with Crippen LogP contribution in [-0.2, 0) is 22.6 Å². The van der Waals surface area contributed by atoms with E-state index in [1.807, 2.05) is 6.92 Å². The zero-order chi connectivity index (χ0) is 18.1. The van der Waals surface area contributed by atoms with Crippen molar-refractivity contribution in [1.29, 1.82) is 0 Å². The van der Waals surface area contributed by atoms with Crippen molar-refractivity contribution in [2.24, 2.45) is 5.92 Å². The highest BCUT2D eigenvalue weighted by molar-refractivity contribution is 6.36. The summed E-state index contributed by atoms with van der Waals surface area (Å²) in [4.78, 5) is 26.1. The fourth-order valence-corrected chi connectivity index (χ4v) is 2.90. The Morgan fingerprint density at radius 1 is 1.32 bits per heavy atom. The molecule has 0 radical (unpaired) electrons. The van der Waals surface area contributed by atoms with E-state index in [-0.39, 0.29) is 12.5 Å². The lowest BCUT2D eigenvalue weighted by Crippen LogP contribution is -2.41. The van der Waals surface area contributed by atoms with Gasteiger partial charge < -0.3 is 4.90 Å². The highest BCUT2D eigenvalue weighted by Crippen LogP contribution is 2.29. The maximum absolute atomic E-state index is 13.5. The Kier molecular flexibility index (Phi) is 4.65. The van der Waals surface area contributed by atoms with E-state index in [1.165, 1.54) is 11.0 Å². The van der Waals surface area contributed by atoms with Crippen molar-refractivity contribution in [3.05, 3.63) is 41.1 Å². The van der Waals surface area contributed by atoms with Gasteiger partial charge in [0.1, 0.15) is 0 Å². The molecule has 1 unspecified atom stereocenters. The summed E-state index contributed by atoms with van der Waals surface area (Å²) >= 11 is 0. The number of benzene rings is 1. The number of H-pyrrole nitrogens is 1. The van der Waals surface area contributed by atoms with Crippen molar-refractivity contribution in [2.75, 3.05) is 6.54 Å². The number of fused-ring (bicyclic) bond motifs is 1. The van der Waals surface area contributed by atoms with Crippen molar-refractivity contribution in [2.45, 2.75) is 33.2 Å². The molecule has 2 aromatic rings. The zero-order valence-electron chi connectivity index (χ0n) is 14.1. The minimum absolute atomic E-state index is 0.223. The van der Waals surface area contributed by atoms with Crippen LogP contribution in [0.25, 0.3) is 11.3 Å².